The second kappa shape index (κ2) is 8.00. The molecule has 1 unspecified atom stereocenters. The molecular weight excluding hydrogens is 293 g/mol. The molecule has 9 heteroatoms. The van der Waals surface area contributed by atoms with Gasteiger partial charge in [0.25, 0.3) is 0 Å². The number of nitrogens with one attached hydrogen (secondary N) is 1. The summed E-state index contributed by atoms with van der Waals surface area (Å²) < 4.78 is 46.1. The molecule has 92 valence electrons. The third-order valence-electron chi connectivity index (χ3n) is 1.87. The quantitative estimate of drug-likeness (QED) is 0.464. The molecule has 0 spiro atoms. The molecule has 0 aromatic carbocycles. The maximum atomic E-state index is 11.1. The predicted octanol–water partition coefficient (Wildman–Crippen LogP) is -2.53. The van der Waals surface area contributed by atoms with Crippen molar-refractivity contribution in [3.8, 4) is 0 Å². The van der Waals surface area contributed by atoms with E-state index in [2.05, 4.69) is 4.72 Å². The Labute approximate surface area is 130 Å². The van der Waals surface area contributed by atoms with E-state index in [0.717, 1.165) is 16.2 Å². The van der Waals surface area contributed by atoms with E-state index in [0.29, 0.717) is 13.0 Å². The van der Waals surface area contributed by atoms with Gasteiger partial charge in [-0.25, -0.2) is 13.1 Å². The van der Waals surface area contributed by atoms with Crippen LogP contribution in [0, 0.1) is 0 Å². The van der Waals surface area contributed by atoms with Crippen molar-refractivity contribution < 1.29 is 46.7 Å². The van der Waals surface area contributed by atoms with Crippen LogP contribution in [0.4, 0.5) is 0 Å². The Balaban J connectivity index is 0.00000256. The summed E-state index contributed by atoms with van der Waals surface area (Å²) in [7, 11) is -3.17. The first-order valence-corrected chi connectivity index (χ1v) is 8.14. The van der Waals surface area contributed by atoms with Crippen LogP contribution in [0.15, 0.2) is 16.3 Å². The number of thiophene rings is 1. The summed E-state index contributed by atoms with van der Waals surface area (Å²) in [6.07, 6.45) is 0.501. The zero-order valence-corrected chi connectivity index (χ0v) is 14.1. The van der Waals surface area contributed by atoms with Crippen LogP contribution in [0.25, 0.3) is 0 Å². The molecule has 1 N–H and O–H groups in total. The second-order valence-corrected chi connectivity index (χ2v) is 7.43. The summed E-state index contributed by atoms with van der Waals surface area (Å²) in [6, 6.07) is 3.20. The van der Waals surface area contributed by atoms with Crippen LogP contribution in [0.3, 0.4) is 0 Å². The van der Waals surface area contributed by atoms with Crippen LogP contribution >= 0.6 is 11.3 Å². The van der Waals surface area contributed by atoms with Gasteiger partial charge in [0.2, 0.25) is 10.0 Å². The summed E-state index contributed by atoms with van der Waals surface area (Å²) in [4.78, 5) is 0.845. The van der Waals surface area contributed by atoms with Crippen molar-refractivity contribution in [3.63, 3.8) is 0 Å². The standard InChI is InChI=1S/C8H13NO4S3.Na/c1-2-16(12,13)9-6-5-7-3-4-8(14-7)15(10)11;/h3-4,9H,2,5-6H2,1H3,(H,10,11);/q;+1/p-1. The second-order valence-electron chi connectivity index (χ2n) is 3.00. The largest absolute Gasteiger partial charge is 1.00 e. The van der Waals surface area contributed by atoms with Crippen molar-refractivity contribution in [1.29, 1.82) is 0 Å². The van der Waals surface area contributed by atoms with Crippen molar-refractivity contribution in [2.24, 2.45) is 0 Å². The third-order valence-corrected chi connectivity index (χ3v) is 5.34. The van der Waals surface area contributed by atoms with Crippen LogP contribution in [0.5, 0.6) is 0 Å². The molecule has 0 saturated heterocycles. The third kappa shape index (κ3) is 6.44. The van der Waals surface area contributed by atoms with Gasteiger partial charge in [0.05, 0.1) is 9.96 Å². The molecule has 1 aromatic heterocycles. The van der Waals surface area contributed by atoms with Crippen molar-refractivity contribution in [2.75, 3.05) is 12.3 Å². The molecule has 0 aliphatic carbocycles. The fourth-order valence-corrected chi connectivity index (χ4v) is 3.14. The van der Waals surface area contributed by atoms with E-state index >= 15 is 0 Å². The molecule has 1 heterocycles. The molecule has 0 saturated carbocycles. The molecule has 0 radical (unpaired) electrons. The number of hydrogen-bond donors (Lipinski definition) is 1. The Morgan fingerprint density at radius 2 is 2.12 bits per heavy atom. The average molecular weight is 305 g/mol. The van der Waals surface area contributed by atoms with Gasteiger partial charge >= 0.3 is 29.6 Å². The molecule has 0 aliphatic heterocycles. The Kier molecular flexibility index (Phi) is 8.34. The van der Waals surface area contributed by atoms with Crippen LogP contribution in [-0.4, -0.2) is 29.5 Å². The molecule has 17 heavy (non-hydrogen) atoms. The normalized spacial score (nSPS) is 13.1. The van der Waals surface area contributed by atoms with Crippen LogP contribution in [0.2, 0.25) is 0 Å². The van der Waals surface area contributed by atoms with Gasteiger partial charge in [-0.1, -0.05) is 0 Å². The molecule has 0 aliphatic rings. The van der Waals surface area contributed by atoms with Gasteiger partial charge in [-0.2, -0.15) is 0 Å². The maximum absolute atomic E-state index is 11.1. The van der Waals surface area contributed by atoms with Crippen molar-refractivity contribution in [1.82, 2.24) is 4.72 Å². The van der Waals surface area contributed by atoms with Crippen LogP contribution < -0.4 is 34.3 Å². The maximum Gasteiger partial charge on any atom is 1.00 e. The molecule has 1 atom stereocenters. The molecule has 5 nitrogen and oxygen atoms in total. The summed E-state index contributed by atoms with van der Waals surface area (Å²) in [5.74, 6) is 0.0489. The SMILES string of the molecule is CCS(=O)(=O)NCCc1ccc(S(=O)[O-])s1.[Na+]. The zero-order valence-electron chi connectivity index (χ0n) is 9.63. The Morgan fingerprint density at radius 3 is 2.59 bits per heavy atom. The predicted molar refractivity (Wildman–Crippen MR) is 62.7 cm³/mol. The molecule has 1 aromatic rings. The van der Waals surface area contributed by atoms with Crippen molar-refractivity contribution in [3.05, 3.63) is 17.0 Å². The van der Waals surface area contributed by atoms with E-state index in [4.69, 9.17) is 0 Å². The van der Waals surface area contributed by atoms with Gasteiger partial charge in [-0.05, 0) is 36.6 Å². The minimum Gasteiger partial charge on any atom is -0.768 e. The van der Waals surface area contributed by atoms with Crippen LogP contribution in [-0.2, 0) is 27.5 Å². The Morgan fingerprint density at radius 1 is 1.47 bits per heavy atom. The molecule has 0 fully saturated rings. The summed E-state index contributed by atoms with van der Waals surface area (Å²) in [6.45, 7) is 1.85. The van der Waals surface area contributed by atoms with E-state index < -0.39 is 21.1 Å². The minimum atomic E-state index is -3.17. The monoisotopic (exact) mass is 305 g/mol. The van der Waals surface area contributed by atoms with E-state index in [9.17, 15) is 17.2 Å². The smallest absolute Gasteiger partial charge is 0.768 e. The zero-order chi connectivity index (χ0) is 12.2. The molecule has 0 bridgehead atoms. The van der Waals surface area contributed by atoms with Gasteiger partial charge in [-0.15, -0.1) is 11.3 Å². The van der Waals surface area contributed by atoms with E-state index in [-0.39, 0.29) is 39.5 Å². The Hall–Kier alpha value is 0.720. The van der Waals surface area contributed by atoms with Gasteiger partial charge in [0.15, 0.2) is 0 Å². The average Bonchev–Trinajstić information content (AvgIpc) is 2.66. The number of hydrogen-bond acceptors (Lipinski definition) is 5. The van der Waals surface area contributed by atoms with Crippen molar-refractivity contribution >= 4 is 32.4 Å². The summed E-state index contributed by atoms with van der Waals surface area (Å²) in [5.41, 5.74) is 0. The Bertz CT molecular complexity index is 471. The first-order valence-electron chi connectivity index (χ1n) is 4.60. The first kappa shape index (κ1) is 17.7. The topological polar surface area (TPSA) is 86.3 Å². The summed E-state index contributed by atoms with van der Waals surface area (Å²) >= 11 is -1.05. The first-order chi connectivity index (χ1) is 7.44. The fraction of sp³-hybridized carbons (Fsp3) is 0.500. The van der Waals surface area contributed by atoms with Crippen LogP contribution in [0.1, 0.15) is 11.8 Å². The van der Waals surface area contributed by atoms with E-state index in [1.807, 2.05) is 0 Å². The van der Waals surface area contributed by atoms with E-state index in [1.54, 1.807) is 13.0 Å². The van der Waals surface area contributed by atoms with Gasteiger partial charge < -0.3 is 4.55 Å². The fourth-order valence-electron chi connectivity index (χ4n) is 1.01. The van der Waals surface area contributed by atoms with Gasteiger partial charge in [-0.3, -0.25) is 4.21 Å². The van der Waals surface area contributed by atoms with Gasteiger partial charge in [0, 0.05) is 11.4 Å². The number of rotatable bonds is 6. The number of sulfonamides is 1. The molecule has 1 rings (SSSR count). The molecular formula is C8H12NNaO4S3. The minimum absolute atomic E-state index is 0. The van der Waals surface area contributed by atoms with Crippen molar-refractivity contribution in [2.45, 2.75) is 17.6 Å². The van der Waals surface area contributed by atoms with E-state index in [1.165, 1.54) is 6.07 Å². The summed E-state index contributed by atoms with van der Waals surface area (Å²) in [5, 5.41) is 0. The molecule has 0 amide bonds. The van der Waals surface area contributed by atoms with Gasteiger partial charge in [0.1, 0.15) is 0 Å².